The zero-order chi connectivity index (χ0) is 33.9. The van der Waals surface area contributed by atoms with Crippen LogP contribution < -0.4 is 10.2 Å². The van der Waals surface area contributed by atoms with Crippen molar-refractivity contribution in [1.82, 2.24) is 0 Å². The topological polar surface area (TPSA) is 108 Å². The quantitative estimate of drug-likeness (QED) is 0.0562. The third-order valence-corrected chi connectivity index (χ3v) is 12.2. The molecule has 0 saturated heterocycles. The normalized spacial score (nSPS) is 10.1. The van der Waals surface area contributed by atoms with E-state index in [4.69, 9.17) is 13.3 Å². The zero-order valence-electron chi connectivity index (χ0n) is 30.3. The summed E-state index contributed by atoms with van der Waals surface area (Å²) in [5, 5.41) is 20.2. The van der Waals surface area contributed by atoms with Crippen LogP contribution in [0.2, 0.25) is 8.87 Å². The fourth-order valence-corrected chi connectivity index (χ4v) is 8.91. The standard InChI is InChI=1S/2C12H24O2.2C4H9.C3H10O3Si.Sn/c2*1-2-3-4-5-6-7-8-9-10-11-12(13)14;2*1-3-4-2;1-4-7(5-2)6-3;/h2*2-11H2,1H3,(H,13,14);2*1,3-4H2,2H3;7H,1-3H3;/q;;;;;+2/p-2. The molecule has 0 saturated carbocycles. The van der Waals surface area contributed by atoms with Gasteiger partial charge < -0.3 is 33.1 Å². The summed E-state index contributed by atoms with van der Waals surface area (Å²) < 4.78 is 17.5. The maximum absolute atomic E-state index is 10.1. The van der Waals surface area contributed by atoms with E-state index in [0.717, 1.165) is 25.7 Å². The van der Waals surface area contributed by atoms with Crippen LogP contribution in [0.3, 0.4) is 0 Å². The molecule has 0 unspecified atom stereocenters. The molecule has 0 bridgehead atoms. The number of rotatable bonds is 29. The van der Waals surface area contributed by atoms with Gasteiger partial charge in [0.2, 0.25) is 0 Å². The van der Waals surface area contributed by atoms with E-state index in [2.05, 4.69) is 27.7 Å². The van der Waals surface area contributed by atoms with Crippen LogP contribution in [0.15, 0.2) is 0 Å². The molecule has 0 heterocycles. The van der Waals surface area contributed by atoms with Crippen molar-refractivity contribution >= 4 is 42.6 Å². The van der Waals surface area contributed by atoms with Crippen LogP contribution in [0.4, 0.5) is 0 Å². The first-order valence-electron chi connectivity index (χ1n) is 18.0. The van der Waals surface area contributed by atoms with Gasteiger partial charge in [0, 0.05) is 33.3 Å². The summed E-state index contributed by atoms with van der Waals surface area (Å²) >= 11 is 0.149. The molecule has 264 valence electrons. The number of unbranched alkanes of at least 4 members (excludes halogenated alkanes) is 18. The minimum Gasteiger partial charge on any atom is -0.379 e. The number of carbonyl (C=O) groups excluding carboxylic acids is 2. The number of hydrogen-bond donors (Lipinski definition) is 0. The first-order valence-corrected chi connectivity index (χ1v) is 23.4. The van der Waals surface area contributed by atoms with Crippen molar-refractivity contribution in [3.05, 3.63) is 0 Å². The predicted octanol–water partition coefficient (Wildman–Crippen LogP) is 8.08. The maximum atomic E-state index is 10.1. The van der Waals surface area contributed by atoms with Crippen molar-refractivity contribution < 1.29 is 33.1 Å². The van der Waals surface area contributed by atoms with Gasteiger partial charge in [0.1, 0.15) is 0 Å². The van der Waals surface area contributed by atoms with Crippen LogP contribution in [0.1, 0.15) is 182 Å². The SMILES string of the molecule is CCCCCCCCCCCC(=O)[O-].CCCCCCCCCCCC(=O)[O-].CCC[CH2][Sn+2][CH2]CCC.CO[SiH](OC)OC. The van der Waals surface area contributed by atoms with Crippen LogP contribution >= 0.6 is 0 Å². The van der Waals surface area contributed by atoms with E-state index < -0.39 is 21.5 Å². The Morgan fingerprint density at radius 2 is 0.705 bits per heavy atom. The maximum Gasteiger partial charge on any atom is 0.483 e. The molecule has 0 N–H and O–H groups in total. The van der Waals surface area contributed by atoms with Gasteiger partial charge in [0.05, 0.1) is 0 Å². The van der Waals surface area contributed by atoms with E-state index in [9.17, 15) is 19.8 Å². The van der Waals surface area contributed by atoms with E-state index >= 15 is 0 Å². The van der Waals surface area contributed by atoms with Crippen molar-refractivity contribution in [3.8, 4) is 0 Å². The number of carbonyl (C=O) groups is 2. The fourth-order valence-electron chi connectivity index (χ4n) is 4.18. The molecule has 7 nitrogen and oxygen atoms in total. The third-order valence-electron chi connectivity index (χ3n) is 6.96. The van der Waals surface area contributed by atoms with Crippen molar-refractivity contribution in [1.29, 1.82) is 0 Å². The van der Waals surface area contributed by atoms with Gasteiger partial charge in [-0.1, -0.05) is 117 Å². The molecular formula is C35H74O7SiSn. The first-order chi connectivity index (χ1) is 21.3. The van der Waals surface area contributed by atoms with Crippen LogP contribution in [0.5, 0.6) is 0 Å². The number of aliphatic carboxylic acids is 2. The average Bonchev–Trinajstić information content (AvgIpc) is 3.01. The average molecular weight is 754 g/mol. The van der Waals surface area contributed by atoms with Gasteiger partial charge in [-0.05, 0) is 25.7 Å². The second-order valence-corrected chi connectivity index (χ2v) is 17.6. The Morgan fingerprint density at radius 3 is 0.909 bits per heavy atom. The van der Waals surface area contributed by atoms with E-state index in [1.54, 1.807) is 30.2 Å². The van der Waals surface area contributed by atoms with Crippen LogP contribution in [-0.4, -0.2) is 63.9 Å². The van der Waals surface area contributed by atoms with Crippen LogP contribution in [0, 0.1) is 0 Å². The number of carboxylic acid groups (broad SMARTS) is 2. The summed E-state index contributed by atoms with van der Waals surface area (Å²) in [4.78, 5) is 20.2. The molecule has 0 rings (SSSR count). The van der Waals surface area contributed by atoms with E-state index in [1.807, 2.05) is 0 Å². The molecule has 9 heteroatoms. The van der Waals surface area contributed by atoms with Crippen molar-refractivity contribution in [2.24, 2.45) is 0 Å². The Kier molecular flexibility index (Phi) is 57.3. The summed E-state index contributed by atoms with van der Waals surface area (Å²) in [6.07, 6.45) is 28.2. The Balaban J connectivity index is -0.000000251. The summed E-state index contributed by atoms with van der Waals surface area (Å²) in [7, 11) is 3.05. The van der Waals surface area contributed by atoms with Crippen LogP contribution in [0.25, 0.3) is 0 Å². The molecule has 0 radical (unpaired) electrons. The number of hydrogen-bond acceptors (Lipinski definition) is 7. The second-order valence-electron chi connectivity index (χ2n) is 11.4. The van der Waals surface area contributed by atoms with Crippen molar-refractivity contribution in [2.45, 2.75) is 191 Å². The molecule has 0 atom stereocenters. The minimum atomic E-state index is -1.67. The van der Waals surface area contributed by atoms with Crippen molar-refractivity contribution in [3.63, 3.8) is 0 Å². The molecule has 0 aliphatic heterocycles. The van der Waals surface area contributed by atoms with Gasteiger partial charge in [-0.3, -0.25) is 0 Å². The first kappa shape index (κ1) is 50.7. The summed E-state index contributed by atoms with van der Waals surface area (Å²) in [5.74, 6) is -1.82. The second kappa shape index (κ2) is 49.7. The van der Waals surface area contributed by atoms with Gasteiger partial charge in [-0.2, -0.15) is 0 Å². The van der Waals surface area contributed by atoms with Gasteiger partial charge >= 0.3 is 79.1 Å². The Morgan fingerprint density at radius 1 is 0.455 bits per heavy atom. The Bertz CT molecular complexity index is 480. The predicted molar refractivity (Wildman–Crippen MR) is 187 cm³/mol. The summed E-state index contributed by atoms with van der Waals surface area (Å²) in [6, 6.07) is 0. The molecule has 0 fully saturated rings. The van der Waals surface area contributed by atoms with Gasteiger partial charge in [-0.25, -0.2) is 0 Å². The van der Waals surface area contributed by atoms with Gasteiger partial charge in [-0.15, -0.1) is 0 Å². The van der Waals surface area contributed by atoms with Crippen molar-refractivity contribution in [2.75, 3.05) is 21.3 Å². The smallest absolute Gasteiger partial charge is 0.379 e. The molecule has 0 spiro atoms. The molecule has 0 aromatic rings. The molecule has 0 aliphatic rings. The zero-order valence-corrected chi connectivity index (χ0v) is 34.3. The molecular weight excluding hydrogens is 679 g/mol. The summed E-state index contributed by atoms with van der Waals surface area (Å²) in [5.41, 5.74) is 0. The van der Waals surface area contributed by atoms with E-state index in [0.29, 0.717) is 0 Å². The minimum absolute atomic E-state index is 0.149. The van der Waals surface area contributed by atoms with Gasteiger partial charge in [0.25, 0.3) is 0 Å². The Hall–Kier alpha value is -0.164. The largest absolute Gasteiger partial charge is 0.483 e. The molecule has 0 aromatic carbocycles. The van der Waals surface area contributed by atoms with Crippen LogP contribution in [-0.2, 0) is 22.9 Å². The van der Waals surface area contributed by atoms with E-state index in [-0.39, 0.29) is 34.0 Å². The molecule has 0 aromatic heterocycles. The fraction of sp³-hybridized carbons (Fsp3) is 0.943. The van der Waals surface area contributed by atoms with Gasteiger partial charge in [0.15, 0.2) is 0 Å². The summed E-state index contributed by atoms with van der Waals surface area (Å²) in [6.45, 7) is 9.03. The third kappa shape index (κ3) is 60.9. The van der Waals surface area contributed by atoms with E-state index in [1.165, 1.54) is 116 Å². The molecule has 0 amide bonds. The Labute approximate surface area is 286 Å². The monoisotopic (exact) mass is 754 g/mol. The molecule has 44 heavy (non-hydrogen) atoms. The number of carboxylic acids is 2. The molecule has 0 aliphatic carbocycles.